The second-order valence-electron chi connectivity index (χ2n) is 8.17. The number of para-hydroxylation sites is 3. The SMILES string of the molecule is CC(=O)N1CCN(C(=O)CCNC(=O)CCc2nc3ccccc3n2-c2ccccc2)CC1. The quantitative estimate of drug-likeness (QED) is 0.601. The number of carbonyl (C=O) groups excluding carboxylic acids is 3. The summed E-state index contributed by atoms with van der Waals surface area (Å²) in [6.07, 6.45) is 1.05. The Labute approximate surface area is 193 Å². The first-order valence-corrected chi connectivity index (χ1v) is 11.3. The highest BCUT2D eigenvalue weighted by atomic mass is 16.2. The molecule has 1 aliphatic heterocycles. The van der Waals surface area contributed by atoms with Crippen molar-refractivity contribution < 1.29 is 14.4 Å². The second-order valence-corrected chi connectivity index (χ2v) is 8.17. The van der Waals surface area contributed by atoms with Crippen LogP contribution >= 0.6 is 0 Å². The molecule has 3 amide bonds. The Hall–Kier alpha value is -3.68. The number of amides is 3. The smallest absolute Gasteiger partial charge is 0.224 e. The number of benzene rings is 2. The minimum absolute atomic E-state index is 0.00405. The predicted octanol–water partition coefficient (Wildman–Crippen LogP) is 2.16. The number of imidazole rings is 1. The van der Waals surface area contributed by atoms with Crippen LogP contribution in [0.1, 0.15) is 25.6 Å². The molecule has 8 heteroatoms. The molecule has 1 saturated heterocycles. The van der Waals surface area contributed by atoms with Gasteiger partial charge in [-0.2, -0.15) is 0 Å². The molecule has 0 spiro atoms. The summed E-state index contributed by atoms with van der Waals surface area (Å²) >= 11 is 0. The lowest BCUT2D eigenvalue weighted by atomic mass is 10.2. The molecule has 1 fully saturated rings. The molecular formula is C25H29N5O3. The van der Waals surface area contributed by atoms with Crippen LogP contribution in [-0.4, -0.2) is 69.8 Å². The molecule has 1 aromatic heterocycles. The number of aromatic nitrogens is 2. The van der Waals surface area contributed by atoms with E-state index in [0.29, 0.717) is 45.6 Å². The molecule has 0 atom stereocenters. The van der Waals surface area contributed by atoms with Gasteiger partial charge in [-0.25, -0.2) is 4.98 Å². The minimum atomic E-state index is -0.101. The maximum absolute atomic E-state index is 12.4. The normalized spacial score (nSPS) is 13.8. The molecule has 1 aliphatic rings. The zero-order valence-electron chi connectivity index (χ0n) is 18.9. The summed E-state index contributed by atoms with van der Waals surface area (Å²) < 4.78 is 2.09. The molecule has 4 rings (SSSR count). The van der Waals surface area contributed by atoms with E-state index in [1.165, 1.54) is 0 Å². The largest absolute Gasteiger partial charge is 0.356 e. The number of aryl methyl sites for hydroxylation is 1. The van der Waals surface area contributed by atoms with E-state index in [1.807, 2.05) is 54.6 Å². The second kappa shape index (κ2) is 10.3. The minimum Gasteiger partial charge on any atom is -0.356 e. The number of hydrogen-bond acceptors (Lipinski definition) is 4. The summed E-state index contributed by atoms with van der Waals surface area (Å²) in [5.41, 5.74) is 2.92. The van der Waals surface area contributed by atoms with Gasteiger partial charge >= 0.3 is 0 Å². The Balaban J connectivity index is 1.29. The molecule has 0 unspecified atom stereocenters. The lowest BCUT2D eigenvalue weighted by molar-refractivity contribution is -0.138. The van der Waals surface area contributed by atoms with Gasteiger partial charge in [-0.05, 0) is 24.3 Å². The standard InChI is InChI=1S/C25H29N5O3/c1-19(31)28-15-17-29(18-16-28)25(33)13-14-26-24(32)12-11-23-27-21-9-5-6-10-22(21)30(23)20-7-3-2-4-8-20/h2-10H,11-18H2,1H3,(H,26,32). The Morgan fingerprint density at radius 3 is 2.27 bits per heavy atom. The first-order chi connectivity index (χ1) is 16.0. The lowest BCUT2D eigenvalue weighted by Crippen LogP contribution is -2.50. The van der Waals surface area contributed by atoms with Crippen LogP contribution in [0.5, 0.6) is 0 Å². The molecule has 0 aliphatic carbocycles. The maximum Gasteiger partial charge on any atom is 0.224 e. The fraction of sp³-hybridized carbons (Fsp3) is 0.360. The summed E-state index contributed by atoms with van der Waals surface area (Å²) in [5, 5.41) is 2.85. The van der Waals surface area contributed by atoms with Crippen molar-refractivity contribution in [1.82, 2.24) is 24.7 Å². The highest BCUT2D eigenvalue weighted by molar-refractivity contribution is 5.81. The fourth-order valence-corrected chi connectivity index (χ4v) is 4.16. The van der Waals surface area contributed by atoms with E-state index in [-0.39, 0.29) is 24.1 Å². The molecule has 1 N–H and O–H groups in total. The van der Waals surface area contributed by atoms with Crippen molar-refractivity contribution in [3.8, 4) is 5.69 Å². The summed E-state index contributed by atoms with van der Waals surface area (Å²) in [6.45, 7) is 4.07. The molecule has 33 heavy (non-hydrogen) atoms. The van der Waals surface area contributed by atoms with Crippen molar-refractivity contribution in [2.75, 3.05) is 32.7 Å². The van der Waals surface area contributed by atoms with Crippen LogP contribution in [0.25, 0.3) is 16.7 Å². The maximum atomic E-state index is 12.4. The number of nitrogens with one attached hydrogen (secondary N) is 1. The topological polar surface area (TPSA) is 87.5 Å². The van der Waals surface area contributed by atoms with Crippen LogP contribution in [0.2, 0.25) is 0 Å². The van der Waals surface area contributed by atoms with E-state index < -0.39 is 0 Å². The van der Waals surface area contributed by atoms with E-state index in [2.05, 4.69) is 9.88 Å². The third-order valence-corrected chi connectivity index (χ3v) is 5.96. The molecule has 3 aromatic rings. The van der Waals surface area contributed by atoms with Crippen molar-refractivity contribution in [2.45, 2.75) is 26.2 Å². The molecule has 0 bridgehead atoms. The van der Waals surface area contributed by atoms with E-state index in [1.54, 1.807) is 16.7 Å². The number of carbonyl (C=O) groups is 3. The van der Waals surface area contributed by atoms with Crippen LogP contribution in [-0.2, 0) is 20.8 Å². The molecule has 172 valence electrons. The summed E-state index contributed by atoms with van der Waals surface area (Å²) in [4.78, 5) is 44.5. The van der Waals surface area contributed by atoms with Crippen LogP contribution in [0.4, 0.5) is 0 Å². The number of nitrogens with zero attached hydrogens (tertiary/aromatic N) is 4. The fourth-order valence-electron chi connectivity index (χ4n) is 4.16. The van der Waals surface area contributed by atoms with Gasteiger partial charge in [0, 0.05) is 64.6 Å². The van der Waals surface area contributed by atoms with Crippen LogP contribution < -0.4 is 5.32 Å². The zero-order chi connectivity index (χ0) is 23.2. The Morgan fingerprint density at radius 2 is 1.55 bits per heavy atom. The van der Waals surface area contributed by atoms with Gasteiger partial charge in [-0.3, -0.25) is 19.0 Å². The number of piperazine rings is 1. The summed E-state index contributed by atoms with van der Waals surface area (Å²) in [7, 11) is 0. The zero-order valence-corrected chi connectivity index (χ0v) is 18.9. The lowest BCUT2D eigenvalue weighted by Gasteiger charge is -2.34. The molecular weight excluding hydrogens is 418 g/mol. The molecule has 2 heterocycles. The Bertz CT molecular complexity index is 1130. The average Bonchev–Trinajstić information content (AvgIpc) is 3.21. The van der Waals surface area contributed by atoms with Crippen LogP contribution in [0.3, 0.4) is 0 Å². The van der Waals surface area contributed by atoms with Gasteiger partial charge in [-0.1, -0.05) is 30.3 Å². The number of rotatable bonds is 7. The number of fused-ring (bicyclic) bond motifs is 1. The van der Waals surface area contributed by atoms with E-state index >= 15 is 0 Å². The highest BCUT2D eigenvalue weighted by Crippen LogP contribution is 2.22. The highest BCUT2D eigenvalue weighted by Gasteiger charge is 2.22. The van der Waals surface area contributed by atoms with Gasteiger partial charge in [0.25, 0.3) is 0 Å². The monoisotopic (exact) mass is 447 g/mol. The third kappa shape index (κ3) is 5.39. The Kier molecular flexibility index (Phi) is 7.02. The van der Waals surface area contributed by atoms with Crippen molar-refractivity contribution in [3.05, 3.63) is 60.4 Å². The van der Waals surface area contributed by atoms with Crippen molar-refractivity contribution >= 4 is 28.8 Å². The Morgan fingerprint density at radius 1 is 0.879 bits per heavy atom. The van der Waals surface area contributed by atoms with E-state index in [4.69, 9.17) is 4.98 Å². The third-order valence-electron chi connectivity index (χ3n) is 5.96. The summed E-state index contributed by atoms with van der Waals surface area (Å²) in [5.74, 6) is 0.771. The van der Waals surface area contributed by atoms with Crippen molar-refractivity contribution in [3.63, 3.8) is 0 Å². The molecule has 2 aromatic carbocycles. The van der Waals surface area contributed by atoms with Gasteiger partial charge in [0.2, 0.25) is 17.7 Å². The van der Waals surface area contributed by atoms with Gasteiger partial charge < -0.3 is 15.1 Å². The van der Waals surface area contributed by atoms with Gasteiger partial charge in [-0.15, -0.1) is 0 Å². The predicted molar refractivity (Wildman–Crippen MR) is 126 cm³/mol. The molecule has 0 saturated carbocycles. The van der Waals surface area contributed by atoms with E-state index in [0.717, 1.165) is 22.5 Å². The van der Waals surface area contributed by atoms with Crippen molar-refractivity contribution in [2.24, 2.45) is 0 Å². The molecule has 8 nitrogen and oxygen atoms in total. The average molecular weight is 448 g/mol. The van der Waals surface area contributed by atoms with Gasteiger partial charge in [0.05, 0.1) is 11.0 Å². The first-order valence-electron chi connectivity index (χ1n) is 11.3. The molecule has 0 radical (unpaired) electrons. The number of hydrogen-bond donors (Lipinski definition) is 1. The van der Waals surface area contributed by atoms with E-state index in [9.17, 15) is 14.4 Å². The van der Waals surface area contributed by atoms with Crippen molar-refractivity contribution in [1.29, 1.82) is 0 Å². The first kappa shape index (κ1) is 22.5. The van der Waals surface area contributed by atoms with Gasteiger partial charge in [0.1, 0.15) is 5.82 Å². The van der Waals surface area contributed by atoms with Crippen LogP contribution in [0.15, 0.2) is 54.6 Å². The van der Waals surface area contributed by atoms with Crippen LogP contribution in [0, 0.1) is 0 Å². The summed E-state index contributed by atoms with van der Waals surface area (Å²) in [6, 6.07) is 17.9. The van der Waals surface area contributed by atoms with Gasteiger partial charge in [0.15, 0.2) is 0 Å².